The number of methoxy groups -OCH3 is 1. The van der Waals surface area contributed by atoms with Gasteiger partial charge in [0, 0.05) is 37.2 Å². The van der Waals surface area contributed by atoms with Crippen LogP contribution in [0.25, 0.3) is 32.6 Å². The van der Waals surface area contributed by atoms with E-state index in [0.29, 0.717) is 18.9 Å². The molecule has 3 atom stereocenters. The molecule has 4 aromatic rings. The second kappa shape index (κ2) is 7.74. The van der Waals surface area contributed by atoms with Gasteiger partial charge >= 0.3 is 6.01 Å². The number of piperazine rings is 1. The van der Waals surface area contributed by atoms with Gasteiger partial charge in [0.15, 0.2) is 16.6 Å². The molecule has 0 spiro atoms. The molecule has 0 radical (unpaired) electrons. The van der Waals surface area contributed by atoms with Gasteiger partial charge in [-0.25, -0.2) is 23.1 Å². The third-order valence-electron chi connectivity index (χ3n) is 7.28. The number of aromatic nitrogens is 5. The van der Waals surface area contributed by atoms with Crippen LogP contribution in [0.5, 0.6) is 6.01 Å². The lowest BCUT2D eigenvalue weighted by atomic mass is 10.1. The molecular formula is C23H21F3N8O2S. The van der Waals surface area contributed by atoms with E-state index in [0.717, 1.165) is 28.7 Å². The van der Waals surface area contributed by atoms with Gasteiger partial charge < -0.3 is 20.7 Å². The minimum Gasteiger partial charge on any atom is -0.467 e. The first kappa shape index (κ1) is 22.7. The maximum Gasteiger partial charge on any atom is 0.320 e. The number of halogens is 3. The highest BCUT2D eigenvalue weighted by Gasteiger charge is 2.60. The Hall–Kier alpha value is -3.52. The Balaban J connectivity index is 1.52. The Kier molecular flexibility index (Phi) is 4.74. The van der Waals surface area contributed by atoms with E-state index in [1.54, 1.807) is 0 Å². The molecule has 192 valence electrons. The van der Waals surface area contributed by atoms with Crippen LogP contribution in [0.2, 0.25) is 0 Å². The van der Waals surface area contributed by atoms with Crippen LogP contribution in [0.3, 0.4) is 0 Å². The van der Waals surface area contributed by atoms with Crippen LogP contribution in [0.15, 0.2) is 16.9 Å². The summed E-state index contributed by atoms with van der Waals surface area (Å²) >= 11 is 0.929. The highest BCUT2D eigenvalue weighted by Crippen LogP contribution is 2.53. The molecule has 3 aliphatic rings. The van der Waals surface area contributed by atoms with Crippen molar-refractivity contribution in [1.29, 1.82) is 0 Å². The molecule has 10 nitrogen and oxygen atoms in total. The van der Waals surface area contributed by atoms with Crippen molar-refractivity contribution >= 4 is 43.5 Å². The number of benzene rings is 1. The third kappa shape index (κ3) is 3.45. The standard InChI is InChI=1S/C23H21F3N8O2S/c1-36-22-31-17-14(19(32-22)33-7-9-2-3-10(8-33)28-9)20(35)34(13-6-23(13,25)26)18(30-17)11-4-5-12(24)16-15(11)29-21(27)37-16/h4-5,9-10,13,28H,2-3,6-8H2,1H3,(H2,27,29). The van der Waals surface area contributed by atoms with Gasteiger partial charge in [0.2, 0.25) is 0 Å². The fourth-order valence-corrected chi connectivity index (χ4v) is 6.25. The second-order valence-corrected chi connectivity index (χ2v) is 10.7. The first-order valence-electron chi connectivity index (χ1n) is 11.9. The highest BCUT2D eigenvalue weighted by atomic mass is 32.1. The minimum atomic E-state index is -3.09. The lowest BCUT2D eigenvalue weighted by Crippen LogP contribution is -2.51. The van der Waals surface area contributed by atoms with Crippen molar-refractivity contribution in [2.24, 2.45) is 0 Å². The van der Waals surface area contributed by atoms with Crippen LogP contribution in [0.4, 0.5) is 24.1 Å². The average molecular weight is 531 g/mol. The molecule has 2 aliphatic heterocycles. The van der Waals surface area contributed by atoms with Crippen LogP contribution in [0.1, 0.15) is 25.3 Å². The van der Waals surface area contributed by atoms with Gasteiger partial charge in [-0.3, -0.25) is 9.36 Å². The van der Waals surface area contributed by atoms with E-state index < -0.39 is 29.8 Å². The van der Waals surface area contributed by atoms with Gasteiger partial charge in [0.05, 0.1) is 17.3 Å². The quantitative estimate of drug-likeness (QED) is 0.410. The molecule has 14 heteroatoms. The molecular weight excluding hydrogens is 509 g/mol. The van der Waals surface area contributed by atoms with Gasteiger partial charge in [0.1, 0.15) is 23.1 Å². The van der Waals surface area contributed by atoms with Crippen molar-refractivity contribution in [3.63, 3.8) is 0 Å². The summed E-state index contributed by atoms with van der Waals surface area (Å²) < 4.78 is 49.9. The number of nitrogens with zero attached hydrogens (tertiary/aromatic N) is 6. The lowest BCUT2D eigenvalue weighted by Gasteiger charge is -2.34. The van der Waals surface area contributed by atoms with Crippen molar-refractivity contribution in [2.75, 3.05) is 30.8 Å². The van der Waals surface area contributed by atoms with E-state index in [-0.39, 0.29) is 55.9 Å². The summed E-state index contributed by atoms with van der Waals surface area (Å²) in [5.74, 6) is -3.42. The lowest BCUT2D eigenvalue weighted by molar-refractivity contribution is 0.100. The molecule has 1 aromatic carbocycles. The Morgan fingerprint density at radius 3 is 2.57 bits per heavy atom. The fraction of sp³-hybridized carbons (Fsp3) is 0.435. The number of fused-ring (bicyclic) bond motifs is 4. The van der Waals surface area contributed by atoms with Crippen molar-refractivity contribution in [1.82, 2.24) is 29.8 Å². The van der Waals surface area contributed by atoms with Crippen molar-refractivity contribution in [2.45, 2.75) is 43.3 Å². The molecule has 37 heavy (non-hydrogen) atoms. The Morgan fingerprint density at radius 1 is 1.16 bits per heavy atom. The zero-order chi connectivity index (χ0) is 25.6. The fourth-order valence-electron chi connectivity index (χ4n) is 5.48. The molecule has 3 N–H and O–H groups in total. The third-order valence-corrected chi connectivity index (χ3v) is 8.17. The summed E-state index contributed by atoms with van der Waals surface area (Å²) in [5.41, 5.74) is 5.51. The molecule has 3 fully saturated rings. The van der Waals surface area contributed by atoms with E-state index in [4.69, 9.17) is 10.5 Å². The van der Waals surface area contributed by atoms with Gasteiger partial charge in [-0.2, -0.15) is 9.97 Å². The van der Waals surface area contributed by atoms with Gasteiger partial charge in [-0.15, -0.1) is 0 Å². The first-order chi connectivity index (χ1) is 17.7. The molecule has 1 saturated carbocycles. The Labute approximate surface area is 211 Å². The van der Waals surface area contributed by atoms with Crippen molar-refractivity contribution in [3.8, 4) is 17.4 Å². The summed E-state index contributed by atoms with van der Waals surface area (Å²) in [6.07, 6.45) is 1.49. The molecule has 5 heterocycles. The molecule has 2 bridgehead atoms. The van der Waals surface area contributed by atoms with Crippen LogP contribution in [0, 0.1) is 5.82 Å². The Morgan fingerprint density at radius 2 is 1.89 bits per heavy atom. The Bertz CT molecular complexity index is 1650. The van der Waals surface area contributed by atoms with E-state index >= 15 is 0 Å². The van der Waals surface area contributed by atoms with Crippen LogP contribution in [-0.2, 0) is 0 Å². The molecule has 7 rings (SSSR count). The SMILES string of the molecule is COc1nc(N2CC3CCC(C2)N3)c2c(=O)n(C3CC3(F)F)c(-c3ccc(F)c4sc(N)nc34)nc2n1. The number of hydrogen-bond donors (Lipinski definition) is 2. The summed E-state index contributed by atoms with van der Waals surface area (Å²) in [6.45, 7) is 1.20. The van der Waals surface area contributed by atoms with E-state index in [9.17, 15) is 18.0 Å². The highest BCUT2D eigenvalue weighted by molar-refractivity contribution is 7.22. The largest absolute Gasteiger partial charge is 0.467 e. The number of nitrogens with one attached hydrogen (secondary N) is 1. The molecule has 1 aliphatic carbocycles. The van der Waals surface area contributed by atoms with Crippen LogP contribution in [-0.4, -0.2) is 62.7 Å². The number of anilines is 2. The maximum atomic E-state index is 14.5. The predicted octanol–water partition coefficient (Wildman–Crippen LogP) is 2.71. The summed E-state index contributed by atoms with van der Waals surface area (Å²) in [5, 5.41) is 3.67. The number of ether oxygens (including phenoxy) is 1. The molecule has 2 saturated heterocycles. The monoisotopic (exact) mass is 530 g/mol. The van der Waals surface area contributed by atoms with Crippen LogP contribution < -0.4 is 26.2 Å². The number of rotatable bonds is 4. The topological polar surface area (TPSA) is 124 Å². The van der Waals surface area contributed by atoms with Gasteiger partial charge in [0.25, 0.3) is 11.5 Å². The van der Waals surface area contributed by atoms with E-state index in [1.807, 2.05) is 4.90 Å². The van der Waals surface area contributed by atoms with E-state index in [2.05, 4.69) is 25.3 Å². The van der Waals surface area contributed by atoms with Gasteiger partial charge in [-0.05, 0) is 25.0 Å². The predicted molar refractivity (Wildman–Crippen MR) is 132 cm³/mol. The molecule has 3 aromatic heterocycles. The van der Waals surface area contributed by atoms with E-state index in [1.165, 1.54) is 19.2 Å². The molecule has 0 amide bonds. The number of nitrogen functional groups attached to an aromatic ring is 1. The zero-order valence-corrected chi connectivity index (χ0v) is 20.4. The van der Waals surface area contributed by atoms with Crippen molar-refractivity contribution in [3.05, 3.63) is 28.3 Å². The van der Waals surface area contributed by atoms with Gasteiger partial charge in [-0.1, -0.05) is 11.3 Å². The number of alkyl halides is 2. The zero-order valence-electron chi connectivity index (χ0n) is 19.5. The smallest absolute Gasteiger partial charge is 0.320 e. The minimum absolute atomic E-state index is 0.00267. The molecule has 3 unspecified atom stereocenters. The number of thiazole rings is 1. The first-order valence-corrected chi connectivity index (χ1v) is 12.7. The normalized spacial score (nSPS) is 24.2. The number of hydrogen-bond acceptors (Lipinski definition) is 10. The summed E-state index contributed by atoms with van der Waals surface area (Å²) in [7, 11) is 1.40. The number of nitrogens with two attached hydrogens (primary N) is 1. The second-order valence-electron chi connectivity index (χ2n) is 9.69. The summed E-state index contributed by atoms with van der Waals surface area (Å²) in [6, 6.07) is 1.62. The summed E-state index contributed by atoms with van der Waals surface area (Å²) in [4.78, 5) is 33.6. The maximum absolute atomic E-state index is 14.5. The average Bonchev–Trinajstić information content (AvgIpc) is 3.14. The van der Waals surface area contributed by atoms with Crippen LogP contribution >= 0.6 is 11.3 Å². The van der Waals surface area contributed by atoms with Crippen molar-refractivity contribution < 1.29 is 17.9 Å².